The predicted octanol–water partition coefficient (Wildman–Crippen LogP) is 3.35. The third kappa shape index (κ3) is 5.55. The summed E-state index contributed by atoms with van der Waals surface area (Å²) in [7, 11) is -3.97. The van der Waals surface area contributed by atoms with Gasteiger partial charge in [0.15, 0.2) is 0 Å². The SMILES string of the molecule is Cc1ccc(S(=O)(=O)N(CC(=O)N/N=C\c2cccnc2)c2ccc(C)cc2C)cc1. The van der Waals surface area contributed by atoms with E-state index in [4.69, 9.17) is 0 Å². The molecule has 1 aromatic heterocycles. The number of amides is 1. The van der Waals surface area contributed by atoms with Crippen molar-refractivity contribution in [3.63, 3.8) is 0 Å². The Morgan fingerprint density at radius 3 is 2.42 bits per heavy atom. The van der Waals surface area contributed by atoms with Gasteiger partial charge in [-0.3, -0.25) is 14.1 Å². The number of pyridine rings is 1. The van der Waals surface area contributed by atoms with Gasteiger partial charge in [-0.05, 0) is 50.6 Å². The summed E-state index contributed by atoms with van der Waals surface area (Å²) >= 11 is 0. The highest BCUT2D eigenvalue weighted by molar-refractivity contribution is 7.92. The average molecular weight is 437 g/mol. The van der Waals surface area contributed by atoms with Crippen molar-refractivity contribution in [2.45, 2.75) is 25.7 Å². The van der Waals surface area contributed by atoms with Gasteiger partial charge in [-0.1, -0.05) is 41.5 Å². The largest absolute Gasteiger partial charge is 0.271 e. The van der Waals surface area contributed by atoms with Gasteiger partial charge in [-0.15, -0.1) is 0 Å². The van der Waals surface area contributed by atoms with Crippen molar-refractivity contribution in [1.82, 2.24) is 10.4 Å². The molecule has 0 aliphatic carbocycles. The molecule has 3 aromatic rings. The lowest BCUT2D eigenvalue weighted by molar-refractivity contribution is -0.119. The number of sulfonamides is 1. The Morgan fingerprint density at radius 2 is 1.77 bits per heavy atom. The van der Waals surface area contributed by atoms with Crippen LogP contribution in [0.5, 0.6) is 0 Å². The minimum atomic E-state index is -3.97. The minimum Gasteiger partial charge on any atom is -0.271 e. The number of nitrogens with zero attached hydrogens (tertiary/aromatic N) is 3. The fourth-order valence-corrected chi connectivity index (χ4v) is 4.50. The number of anilines is 1. The van der Waals surface area contributed by atoms with Gasteiger partial charge >= 0.3 is 0 Å². The van der Waals surface area contributed by atoms with Crippen molar-refractivity contribution < 1.29 is 13.2 Å². The molecule has 0 radical (unpaired) electrons. The van der Waals surface area contributed by atoms with Crippen LogP contribution in [-0.4, -0.2) is 32.1 Å². The number of carbonyl (C=O) groups excluding carboxylic acids is 1. The predicted molar refractivity (Wildman–Crippen MR) is 122 cm³/mol. The van der Waals surface area contributed by atoms with E-state index >= 15 is 0 Å². The van der Waals surface area contributed by atoms with Crippen molar-refractivity contribution >= 4 is 27.8 Å². The van der Waals surface area contributed by atoms with Gasteiger partial charge in [-0.2, -0.15) is 5.10 Å². The molecular formula is C23H24N4O3S. The van der Waals surface area contributed by atoms with E-state index in [0.717, 1.165) is 21.0 Å². The first kappa shape index (κ1) is 22.2. The van der Waals surface area contributed by atoms with Crippen molar-refractivity contribution in [1.29, 1.82) is 0 Å². The fourth-order valence-electron chi connectivity index (χ4n) is 3.02. The standard InChI is InChI=1S/C23H24N4O3S/c1-17-6-9-21(10-7-17)31(29,30)27(22-11-8-18(2)13-19(22)3)16-23(28)26-25-15-20-5-4-12-24-14-20/h4-15H,16H2,1-3H3,(H,26,28)/b25-15-. The second-order valence-electron chi connectivity index (χ2n) is 7.19. The number of hydrogen-bond acceptors (Lipinski definition) is 5. The van der Waals surface area contributed by atoms with Crippen LogP contribution < -0.4 is 9.73 Å². The molecule has 0 saturated heterocycles. The zero-order chi connectivity index (χ0) is 22.4. The van der Waals surface area contributed by atoms with Crippen LogP contribution in [0.3, 0.4) is 0 Å². The first-order valence-corrected chi connectivity index (χ1v) is 11.1. The molecule has 0 aliphatic rings. The zero-order valence-corrected chi connectivity index (χ0v) is 18.4. The molecular weight excluding hydrogens is 412 g/mol. The third-order valence-corrected chi connectivity index (χ3v) is 6.38. The molecule has 1 heterocycles. The highest BCUT2D eigenvalue weighted by Gasteiger charge is 2.28. The fraction of sp³-hybridized carbons (Fsp3) is 0.174. The molecule has 3 rings (SSSR count). The minimum absolute atomic E-state index is 0.115. The van der Waals surface area contributed by atoms with E-state index in [0.29, 0.717) is 11.3 Å². The molecule has 7 nitrogen and oxygen atoms in total. The molecule has 2 aromatic carbocycles. The number of hydrazone groups is 1. The molecule has 1 N–H and O–H groups in total. The molecule has 8 heteroatoms. The van der Waals surface area contributed by atoms with E-state index in [9.17, 15) is 13.2 Å². The molecule has 31 heavy (non-hydrogen) atoms. The molecule has 0 aliphatic heterocycles. The lowest BCUT2D eigenvalue weighted by Crippen LogP contribution is -2.40. The van der Waals surface area contributed by atoms with Gasteiger partial charge in [0, 0.05) is 18.0 Å². The molecule has 0 atom stereocenters. The number of rotatable bonds is 7. The number of hydrogen-bond donors (Lipinski definition) is 1. The highest BCUT2D eigenvalue weighted by atomic mass is 32.2. The molecule has 160 valence electrons. The summed E-state index contributed by atoms with van der Waals surface area (Å²) in [6.07, 6.45) is 4.67. The normalized spacial score (nSPS) is 11.5. The van der Waals surface area contributed by atoms with E-state index in [1.54, 1.807) is 54.9 Å². The van der Waals surface area contributed by atoms with Crippen LogP contribution >= 0.6 is 0 Å². The molecule has 0 unspecified atom stereocenters. The van der Waals surface area contributed by atoms with Crippen LogP contribution in [-0.2, 0) is 14.8 Å². The lowest BCUT2D eigenvalue weighted by atomic mass is 10.1. The summed E-state index contributed by atoms with van der Waals surface area (Å²) in [6, 6.07) is 15.5. The number of nitrogens with one attached hydrogen (secondary N) is 1. The van der Waals surface area contributed by atoms with Crippen LogP contribution in [0.25, 0.3) is 0 Å². The number of carbonyl (C=O) groups is 1. The van der Waals surface area contributed by atoms with Crippen LogP contribution in [0.2, 0.25) is 0 Å². The quantitative estimate of drug-likeness (QED) is 0.454. The molecule has 0 fully saturated rings. The van der Waals surface area contributed by atoms with Crippen molar-refractivity contribution in [2.24, 2.45) is 5.10 Å². The number of benzene rings is 2. The van der Waals surface area contributed by atoms with Crippen LogP contribution in [0.1, 0.15) is 22.3 Å². The summed E-state index contributed by atoms with van der Waals surface area (Å²) in [5, 5.41) is 3.91. The number of aromatic nitrogens is 1. The average Bonchev–Trinajstić information content (AvgIpc) is 2.73. The lowest BCUT2D eigenvalue weighted by Gasteiger charge is -2.25. The number of aryl methyl sites for hydroxylation is 3. The zero-order valence-electron chi connectivity index (χ0n) is 17.6. The maximum atomic E-state index is 13.4. The van der Waals surface area contributed by atoms with E-state index in [-0.39, 0.29) is 4.90 Å². The van der Waals surface area contributed by atoms with Crippen LogP contribution in [0, 0.1) is 20.8 Å². The third-order valence-electron chi connectivity index (χ3n) is 4.60. The van der Waals surface area contributed by atoms with Gasteiger partial charge in [0.05, 0.1) is 16.8 Å². The summed E-state index contributed by atoms with van der Waals surface area (Å²) in [4.78, 5) is 16.7. The van der Waals surface area contributed by atoms with Crippen LogP contribution in [0.4, 0.5) is 5.69 Å². The topological polar surface area (TPSA) is 91.7 Å². The Balaban J connectivity index is 1.89. The summed E-state index contributed by atoms with van der Waals surface area (Å²) < 4.78 is 27.9. The highest BCUT2D eigenvalue weighted by Crippen LogP contribution is 2.27. The first-order chi connectivity index (χ1) is 14.8. The van der Waals surface area contributed by atoms with Crippen molar-refractivity contribution in [2.75, 3.05) is 10.8 Å². The Morgan fingerprint density at radius 1 is 1.06 bits per heavy atom. The van der Waals surface area contributed by atoms with E-state index < -0.39 is 22.5 Å². The summed E-state index contributed by atoms with van der Waals surface area (Å²) in [6.45, 7) is 5.21. The van der Waals surface area contributed by atoms with Crippen molar-refractivity contribution in [3.05, 3.63) is 89.2 Å². The maximum absolute atomic E-state index is 13.4. The summed E-state index contributed by atoms with van der Waals surface area (Å²) in [5.41, 5.74) is 6.24. The smallest absolute Gasteiger partial charge is 0.264 e. The van der Waals surface area contributed by atoms with E-state index in [2.05, 4.69) is 15.5 Å². The maximum Gasteiger partial charge on any atom is 0.264 e. The van der Waals surface area contributed by atoms with Crippen molar-refractivity contribution in [3.8, 4) is 0 Å². The Kier molecular flexibility index (Phi) is 6.81. The monoisotopic (exact) mass is 436 g/mol. The van der Waals surface area contributed by atoms with Gasteiger partial charge in [-0.25, -0.2) is 13.8 Å². The van der Waals surface area contributed by atoms with Crippen LogP contribution in [0.15, 0.2) is 77.0 Å². The van der Waals surface area contributed by atoms with E-state index in [1.165, 1.54) is 6.21 Å². The van der Waals surface area contributed by atoms with Gasteiger partial charge in [0.2, 0.25) is 0 Å². The van der Waals surface area contributed by atoms with Gasteiger partial charge < -0.3 is 0 Å². The van der Waals surface area contributed by atoms with Gasteiger partial charge in [0.1, 0.15) is 6.54 Å². The Hall–Kier alpha value is -3.52. The Labute approximate surface area is 182 Å². The molecule has 0 saturated carbocycles. The van der Waals surface area contributed by atoms with E-state index in [1.807, 2.05) is 32.9 Å². The Bertz CT molecular complexity index is 1190. The first-order valence-electron chi connectivity index (χ1n) is 9.66. The second-order valence-corrected chi connectivity index (χ2v) is 9.06. The molecule has 0 spiro atoms. The molecule has 1 amide bonds. The molecule has 0 bridgehead atoms. The van der Waals surface area contributed by atoms with Gasteiger partial charge in [0.25, 0.3) is 15.9 Å². The second kappa shape index (κ2) is 9.53. The summed E-state index contributed by atoms with van der Waals surface area (Å²) in [5.74, 6) is -0.559.